The Morgan fingerprint density at radius 3 is 1.57 bits per heavy atom. The van der Waals surface area contributed by atoms with Crippen molar-refractivity contribution >= 4 is 33.5 Å². The van der Waals surface area contributed by atoms with E-state index in [0.29, 0.717) is 5.56 Å². The maximum Gasteiger partial charge on any atom is 0.312 e. The summed E-state index contributed by atoms with van der Waals surface area (Å²) < 4.78 is 56.9. The third-order valence-electron chi connectivity index (χ3n) is 5.83. The number of esters is 1. The first-order valence-corrected chi connectivity index (χ1v) is 10.8. The highest BCUT2D eigenvalue weighted by Gasteiger charge is 2.16. The van der Waals surface area contributed by atoms with Crippen molar-refractivity contribution in [2.24, 2.45) is 0 Å². The molecular formula is C29H30O6. The van der Waals surface area contributed by atoms with E-state index in [4.69, 9.17) is 27.5 Å². The predicted molar refractivity (Wildman–Crippen MR) is 137 cm³/mol. The van der Waals surface area contributed by atoms with Crippen LogP contribution >= 0.6 is 0 Å². The third-order valence-corrected chi connectivity index (χ3v) is 5.83. The van der Waals surface area contributed by atoms with Gasteiger partial charge in [-0.3, -0.25) is 9.59 Å². The molecule has 4 aromatic carbocycles. The van der Waals surface area contributed by atoms with Crippen LogP contribution in [0.15, 0.2) is 72.8 Å². The number of rotatable bonds is 6. The molecule has 0 aliphatic heterocycles. The van der Waals surface area contributed by atoms with Gasteiger partial charge in [-0.2, -0.15) is 0 Å². The minimum atomic E-state index is -2.48. The van der Waals surface area contributed by atoms with Gasteiger partial charge in [0.1, 0.15) is 11.5 Å². The Balaban J connectivity index is 0.000000226. The van der Waals surface area contributed by atoms with Gasteiger partial charge in [0.25, 0.3) is 0 Å². The van der Waals surface area contributed by atoms with Gasteiger partial charge in [-0.25, -0.2) is 0 Å². The van der Waals surface area contributed by atoms with Crippen LogP contribution in [0.4, 0.5) is 0 Å². The molecule has 0 fully saturated rings. The zero-order chi connectivity index (χ0) is 30.5. The highest BCUT2D eigenvalue weighted by Crippen LogP contribution is 2.26. The average Bonchev–Trinajstić information content (AvgIpc) is 2.89. The van der Waals surface area contributed by atoms with Crippen molar-refractivity contribution in [3.05, 3.63) is 83.9 Å². The fourth-order valence-corrected chi connectivity index (χ4v) is 3.61. The van der Waals surface area contributed by atoms with Crippen molar-refractivity contribution in [2.75, 3.05) is 21.2 Å². The minimum Gasteiger partial charge on any atom is -0.497 e. The van der Waals surface area contributed by atoms with Crippen LogP contribution in [0.3, 0.4) is 0 Å². The van der Waals surface area contributed by atoms with E-state index in [-0.39, 0.29) is 23.4 Å². The first kappa shape index (κ1) is 18.3. The summed E-state index contributed by atoms with van der Waals surface area (Å²) in [7, 11) is -3.59. The molecule has 182 valence electrons. The fraction of sp³-hybridized carbons (Fsp3) is 0.241. The Morgan fingerprint density at radius 1 is 0.714 bits per heavy atom. The molecule has 6 nitrogen and oxygen atoms in total. The molecule has 4 aromatic rings. The number of ether oxygens (including phenoxy) is 3. The summed E-state index contributed by atoms with van der Waals surface area (Å²) in [5, 5.41) is 12.4. The number of carboxylic acids is 1. The second-order valence-corrected chi connectivity index (χ2v) is 8.05. The summed E-state index contributed by atoms with van der Waals surface area (Å²) >= 11 is 0. The van der Waals surface area contributed by atoms with Crippen LogP contribution < -0.4 is 9.47 Å². The molecule has 1 N–H and O–H groups in total. The molecule has 0 aromatic heterocycles. The summed E-state index contributed by atoms with van der Waals surface area (Å²) in [6.45, 7) is 3.40. The predicted octanol–water partition coefficient (Wildman–Crippen LogP) is 6.16. The molecule has 0 bridgehead atoms. The second kappa shape index (κ2) is 11.4. The van der Waals surface area contributed by atoms with Crippen molar-refractivity contribution in [2.45, 2.75) is 25.7 Å². The Kier molecular flexibility index (Phi) is 5.95. The lowest BCUT2D eigenvalue weighted by atomic mass is 9.98. The van der Waals surface area contributed by atoms with Crippen LogP contribution in [-0.4, -0.2) is 38.2 Å². The third kappa shape index (κ3) is 6.09. The molecule has 0 aliphatic carbocycles. The van der Waals surface area contributed by atoms with Crippen molar-refractivity contribution in [3.8, 4) is 11.5 Å². The molecule has 0 spiro atoms. The van der Waals surface area contributed by atoms with E-state index < -0.39 is 26.0 Å². The Morgan fingerprint density at radius 2 is 1.14 bits per heavy atom. The molecule has 4 rings (SSSR count). The number of hydrogen-bond acceptors (Lipinski definition) is 5. The maximum atomic E-state index is 11.6. The quantitative estimate of drug-likeness (QED) is 0.333. The minimum absolute atomic E-state index is 0.261. The van der Waals surface area contributed by atoms with E-state index in [0.717, 1.165) is 27.1 Å². The van der Waals surface area contributed by atoms with E-state index in [2.05, 4.69) is 0 Å². The summed E-state index contributed by atoms with van der Waals surface area (Å²) in [4.78, 5) is 22.5. The van der Waals surface area contributed by atoms with Crippen LogP contribution in [0.2, 0.25) is 0 Å². The molecule has 0 amide bonds. The van der Waals surface area contributed by atoms with Crippen LogP contribution in [0.25, 0.3) is 21.5 Å². The first-order chi connectivity index (χ1) is 19.1. The van der Waals surface area contributed by atoms with Gasteiger partial charge in [0, 0.05) is 0 Å². The van der Waals surface area contributed by atoms with Gasteiger partial charge in [-0.15, -0.1) is 0 Å². The zero-order valence-electron chi connectivity index (χ0n) is 25.6. The van der Waals surface area contributed by atoms with E-state index in [1.807, 2.05) is 18.2 Å². The lowest BCUT2D eigenvalue weighted by molar-refractivity contribution is -0.142. The average molecular weight is 481 g/mol. The largest absolute Gasteiger partial charge is 0.497 e. The molecule has 0 aliphatic rings. The van der Waals surface area contributed by atoms with Crippen molar-refractivity contribution in [1.29, 1.82) is 0 Å². The summed E-state index contributed by atoms with van der Waals surface area (Å²) in [5.41, 5.74) is 1.55. The number of aliphatic carboxylic acids is 1. The normalized spacial score (nSPS) is 15.5. The van der Waals surface area contributed by atoms with Crippen molar-refractivity contribution in [3.63, 3.8) is 0 Å². The molecule has 2 unspecified atom stereocenters. The Labute approximate surface area is 213 Å². The molecule has 35 heavy (non-hydrogen) atoms. The molecular weight excluding hydrogens is 444 g/mol. The summed E-state index contributed by atoms with van der Waals surface area (Å²) in [5.74, 6) is -1.56. The smallest absolute Gasteiger partial charge is 0.312 e. The molecule has 0 radical (unpaired) electrons. The number of benzene rings is 4. The zero-order valence-corrected chi connectivity index (χ0v) is 19.6. The number of carboxylic acid groups (broad SMARTS) is 1. The van der Waals surface area contributed by atoms with Crippen LogP contribution in [0.5, 0.6) is 11.5 Å². The van der Waals surface area contributed by atoms with Gasteiger partial charge in [-0.05, 0) is 70.8 Å². The lowest BCUT2D eigenvalue weighted by Gasteiger charge is -2.10. The van der Waals surface area contributed by atoms with Gasteiger partial charge < -0.3 is 19.3 Å². The highest BCUT2D eigenvalue weighted by molar-refractivity contribution is 5.87. The van der Waals surface area contributed by atoms with Gasteiger partial charge in [0.05, 0.1) is 41.2 Å². The monoisotopic (exact) mass is 480 g/mol. The lowest BCUT2D eigenvalue weighted by Crippen LogP contribution is -2.10. The van der Waals surface area contributed by atoms with E-state index in [9.17, 15) is 9.59 Å². The standard InChI is InChI=1S/C15H16O3.C14H14O3/c1-10(15(16)18-3)11-4-5-13-9-14(17-2)7-6-12(13)8-11;1-9(14(15)16)10-3-4-12-8-13(17-2)6-5-11(12)7-10/h4-10H,1-3H3;3-9H,1-2H3,(H,15,16)/i2*2D3. The number of carbonyl (C=O) groups is 2. The summed E-state index contributed by atoms with van der Waals surface area (Å²) in [6, 6.07) is 20.7. The molecule has 0 heterocycles. The number of carbonyl (C=O) groups excluding carboxylic acids is 1. The molecule has 0 saturated heterocycles. The van der Waals surface area contributed by atoms with E-state index in [1.165, 1.54) is 7.11 Å². The maximum absolute atomic E-state index is 11.6. The van der Waals surface area contributed by atoms with E-state index in [1.54, 1.807) is 68.4 Å². The second-order valence-electron chi connectivity index (χ2n) is 8.05. The highest BCUT2D eigenvalue weighted by atomic mass is 16.5. The van der Waals surface area contributed by atoms with Gasteiger partial charge in [0.15, 0.2) is 0 Å². The van der Waals surface area contributed by atoms with Crippen LogP contribution in [0, 0.1) is 0 Å². The first-order valence-electron chi connectivity index (χ1n) is 13.8. The van der Waals surface area contributed by atoms with Crippen LogP contribution in [0.1, 0.15) is 45.0 Å². The number of methoxy groups -OCH3 is 3. The molecule has 2 atom stereocenters. The van der Waals surface area contributed by atoms with Gasteiger partial charge in [-0.1, -0.05) is 48.5 Å². The number of hydrogen-bond donors (Lipinski definition) is 1. The van der Waals surface area contributed by atoms with Crippen molar-refractivity contribution in [1.82, 2.24) is 0 Å². The Bertz CT molecular complexity index is 1550. The van der Waals surface area contributed by atoms with Crippen molar-refractivity contribution < 1.29 is 37.1 Å². The van der Waals surface area contributed by atoms with E-state index >= 15 is 0 Å². The van der Waals surface area contributed by atoms with Crippen LogP contribution in [-0.2, 0) is 14.3 Å². The van der Waals surface area contributed by atoms with Gasteiger partial charge >= 0.3 is 11.9 Å². The molecule has 0 saturated carbocycles. The number of fused-ring (bicyclic) bond motifs is 2. The fourth-order valence-electron chi connectivity index (χ4n) is 3.61. The topological polar surface area (TPSA) is 82.1 Å². The molecule has 6 heteroatoms. The summed E-state index contributed by atoms with van der Waals surface area (Å²) in [6.07, 6.45) is 0. The SMILES string of the molecule is [2H]C([2H])([2H])Oc1ccc2cc(C(C)C(=O)O)ccc2c1.[2H]C([2H])([2H])Oc1ccc2cc(C(C)C(=O)OC)ccc2c1. The van der Waals surface area contributed by atoms with Gasteiger partial charge in [0.2, 0.25) is 0 Å². The Hall–Kier alpha value is -4.06.